The Morgan fingerprint density at radius 3 is 2.59 bits per heavy atom. The lowest BCUT2D eigenvalue weighted by Gasteiger charge is -2.44. The maximum absolute atomic E-state index is 12.5. The molecule has 0 aliphatic carbocycles. The zero-order chi connectivity index (χ0) is 20.3. The second-order valence-electron chi connectivity index (χ2n) is 7.89. The molecule has 0 atom stereocenters. The van der Waals surface area contributed by atoms with Crippen molar-refractivity contribution >= 4 is 11.9 Å². The van der Waals surface area contributed by atoms with E-state index in [4.69, 9.17) is 4.74 Å². The third-order valence-corrected chi connectivity index (χ3v) is 6.03. The van der Waals surface area contributed by atoms with E-state index in [-0.39, 0.29) is 17.5 Å². The number of likely N-dealkylation sites (tertiary alicyclic amines) is 1. The predicted octanol–water partition coefficient (Wildman–Crippen LogP) is 2.77. The lowest BCUT2D eigenvalue weighted by atomic mass is 9.78. The van der Waals surface area contributed by atoms with E-state index in [1.807, 2.05) is 53.4 Å². The molecular formula is C23H27N3O3. The minimum Gasteiger partial charge on any atom is -0.497 e. The van der Waals surface area contributed by atoms with Gasteiger partial charge in [-0.3, -0.25) is 4.79 Å². The molecule has 152 valence electrons. The smallest absolute Gasteiger partial charge is 0.317 e. The number of fused-ring (bicyclic) bond motifs is 1. The van der Waals surface area contributed by atoms with Gasteiger partial charge in [0.25, 0.3) is 5.91 Å². The van der Waals surface area contributed by atoms with Gasteiger partial charge < -0.3 is 20.3 Å². The van der Waals surface area contributed by atoms with Crippen molar-refractivity contribution in [3.05, 3.63) is 65.2 Å². The molecule has 0 radical (unpaired) electrons. The van der Waals surface area contributed by atoms with E-state index in [1.54, 1.807) is 7.11 Å². The Balaban J connectivity index is 1.27. The number of nitrogens with one attached hydrogen (secondary N) is 2. The largest absolute Gasteiger partial charge is 0.497 e. The van der Waals surface area contributed by atoms with Crippen molar-refractivity contribution in [2.45, 2.75) is 31.2 Å². The van der Waals surface area contributed by atoms with Crippen LogP contribution in [0, 0.1) is 0 Å². The Morgan fingerprint density at radius 2 is 1.86 bits per heavy atom. The molecule has 2 aliphatic rings. The number of ether oxygens (including phenoxy) is 1. The highest BCUT2D eigenvalue weighted by molar-refractivity contribution is 5.97. The molecule has 1 saturated heterocycles. The molecule has 6 nitrogen and oxygen atoms in total. The standard InChI is InChI=1S/C23H27N3O3/c1-29-19-8-6-17(7-9-19)10-13-24-22(28)26-14-11-23(12-15-26)16-18-4-2-3-5-20(18)21(27)25-23/h2-9H,10-16H2,1H3,(H,24,28)(H,25,27). The molecule has 6 heteroatoms. The highest BCUT2D eigenvalue weighted by atomic mass is 16.5. The Hall–Kier alpha value is -3.02. The van der Waals surface area contributed by atoms with Gasteiger partial charge in [0.05, 0.1) is 7.11 Å². The normalized spacial score (nSPS) is 17.4. The van der Waals surface area contributed by atoms with Crippen molar-refractivity contribution < 1.29 is 14.3 Å². The molecule has 0 bridgehead atoms. The number of hydrogen-bond acceptors (Lipinski definition) is 3. The van der Waals surface area contributed by atoms with Crippen molar-refractivity contribution in [2.75, 3.05) is 26.7 Å². The van der Waals surface area contributed by atoms with Crippen LogP contribution in [0.25, 0.3) is 0 Å². The number of rotatable bonds is 4. The summed E-state index contributed by atoms with van der Waals surface area (Å²) in [5, 5.41) is 6.23. The molecule has 1 fully saturated rings. The highest BCUT2D eigenvalue weighted by Gasteiger charge is 2.41. The van der Waals surface area contributed by atoms with Crippen LogP contribution in [0.4, 0.5) is 4.79 Å². The summed E-state index contributed by atoms with van der Waals surface area (Å²) in [6.07, 6.45) is 3.17. The van der Waals surface area contributed by atoms with Crippen molar-refractivity contribution in [3.8, 4) is 5.75 Å². The highest BCUT2D eigenvalue weighted by Crippen LogP contribution is 2.31. The summed E-state index contributed by atoms with van der Waals surface area (Å²) in [4.78, 5) is 26.9. The van der Waals surface area contributed by atoms with Crippen LogP contribution >= 0.6 is 0 Å². The Bertz CT molecular complexity index is 886. The van der Waals surface area contributed by atoms with Gasteiger partial charge in [-0.15, -0.1) is 0 Å². The number of benzene rings is 2. The van der Waals surface area contributed by atoms with E-state index in [9.17, 15) is 9.59 Å². The van der Waals surface area contributed by atoms with E-state index in [1.165, 1.54) is 0 Å². The number of nitrogens with zero attached hydrogens (tertiary/aromatic N) is 1. The summed E-state index contributed by atoms with van der Waals surface area (Å²) >= 11 is 0. The van der Waals surface area contributed by atoms with Gasteiger partial charge in [0.2, 0.25) is 0 Å². The summed E-state index contributed by atoms with van der Waals surface area (Å²) in [6, 6.07) is 15.6. The second kappa shape index (κ2) is 8.15. The fourth-order valence-electron chi connectivity index (χ4n) is 4.27. The van der Waals surface area contributed by atoms with Crippen molar-refractivity contribution in [1.82, 2.24) is 15.5 Å². The SMILES string of the molecule is COc1ccc(CCNC(=O)N2CCC3(CC2)Cc2ccccc2C(=O)N3)cc1. The number of hydrogen-bond donors (Lipinski definition) is 2. The van der Waals surface area contributed by atoms with Crippen molar-refractivity contribution in [2.24, 2.45) is 0 Å². The zero-order valence-corrected chi connectivity index (χ0v) is 16.7. The minimum atomic E-state index is -0.231. The van der Waals surface area contributed by atoms with E-state index in [0.29, 0.717) is 19.6 Å². The van der Waals surface area contributed by atoms with Crippen LogP contribution < -0.4 is 15.4 Å². The monoisotopic (exact) mass is 393 g/mol. The lowest BCUT2D eigenvalue weighted by molar-refractivity contribution is 0.0804. The van der Waals surface area contributed by atoms with Crippen LogP contribution in [-0.2, 0) is 12.8 Å². The van der Waals surface area contributed by atoms with Crippen LogP contribution in [0.2, 0.25) is 0 Å². The summed E-state index contributed by atoms with van der Waals surface area (Å²) in [5.41, 5.74) is 2.81. The maximum Gasteiger partial charge on any atom is 0.317 e. The summed E-state index contributed by atoms with van der Waals surface area (Å²) < 4.78 is 5.16. The number of methoxy groups -OCH3 is 1. The van der Waals surface area contributed by atoms with E-state index in [0.717, 1.165) is 48.1 Å². The Labute approximate surface area is 171 Å². The van der Waals surface area contributed by atoms with Gasteiger partial charge in [0.15, 0.2) is 0 Å². The molecule has 2 N–H and O–H groups in total. The number of carbonyl (C=O) groups is 2. The van der Waals surface area contributed by atoms with Gasteiger partial charge in [0, 0.05) is 30.7 Å². The molecule has 2 aromatic carbocycles. The van der Waals surface area contributed by atoms with Gasteiger partial charge in [-0.2, -0.15) is 0 Å². The zero-order valence-electron chi connectivity index (χ0n) is 16.7. The molecule has 0 saturated carbocycles. The fourth-order valence-corrected chi connectivity index (χ4v) is 4.27. The third kappa shape index (κ3) is 4.21. The summed E-state index contributed by atoms with van der Waals surface area (Å²) in [7, 11) is 1.65. The molecule has 2 aliphatic heterocycles. The second-order valence-corrected chi connectivity index (χ2v) is 7.89. The first-order valence-electron chi connectivity index (χ1n) is 10.1. The number of urea groups is 1. The topological polar surface area (TPSA) is 70.7 Å². The van der Waals surface area contributed by atoms with Gasteiger partial charge in [0.1, 0.15) is 5.75 Å². The predicted molar refractivity (Wildman–Crippen MR) is 111 cm³/mol. The lowest BCUT2D eigenvalue weighted by Crippen LogP contribution is -2.60. The summed E-state index contributed by atoms with van der Waals surface area (Å²) in [6.45, 7) is 1.89. The average molecular weight is 393 g/mol. The van der Waals surface area contributed by atoms with Crippen LogP contribution in [0.1, 0.15) is 34.3 Å². The van der Waals surface area contributed by atoms with Gasteiger partial charge in [-0.1, -0.05) is 30.3 Å². The Kier molecular flexibility index (Phi) is 5.43. The van der Waals surface area contributed by atoms with Crippen LogP contribution in [-0.4, -0.2) is 49.1 Å². The van der Waals surface area contributed by atoms with E-state index >= 15 is 0 Å². The molecule has 0 aromatic heterocycles. The van der Waals surface area contributed by atoms with Gasteiger partial charge >= 0.3 is 6.03 Å². The van der Waals surface area contributed by atoms with Gasteiger partial charge in [-0.05, 0) is 55.0 Å². The molecule has 3 amide bonds. The first-order valence-corrected chi connectivity index (χ1v) is 10.1. The van der Waals surface area contributed by atoms with E-state index < -0.39 is 0 Å². The third-order valence-electron chi connectivity index (χ3n) is 6.03. The molecule has 2 aromatic rings. The number of amides is 3. The average Bonchev–Trinajstić information content (AvgIpc) is 2.74. The van der Waals surface area contributed by atoms with Crippen molar-refractivity contribution in [3.63, 3.8) is 0 Å². The van der Waals surface area contributed by atoms with Crippen LogP contribution in [0.5, 0.6) is 5.75 Å². The first kappa shape index (κ1) is 19.3. The Morgan fingerprint density at radius 1 is 1.14 bits per heavy atom. The molecule has 4 rings (SSSR count). The minimum absolute atomic E-state index is 0.00393. The maximum atomic E-state index is 12.5. The molecular weight excluding hydrogens is 366 g/mol. The molecule has 1 spiro atoms. The van der Waals surface area contributed by atoms with Crippen LogP contribution in [0.3, 0.4) is 0 Å². The van der Waals surface area contributed by atoms with Crippen LogP contribution in [0.15, 0.2) is 48.5 Å². The number of carbonyl (C=O) groups excluding carboxylic acids is 2. The molecule has 2 heterocycles. The molecule has 29 heavy (non-hydrogen) atoms. The van der Waals surface area contributed by atoms with Gasteiger partial charge in [-0.25, -0.2) is 4.79 Å². The fraction of sp³-hybridized carbons (Fsp3) is 0.391. The first-order chi connectivity index (χ1) is 14.1. The molecule has 0 unspecified atom stereocenters. The summed E-state index contributed by atoms with van der Waals surface area (Å²) in [5.74, 6) is 0.835. The van der Waals surface area contributed by atoms with Crippen molar-refractivity contribution in [1.29, 1.82) is 0 Å². The van der Waals surface area contributed by atoms with E-state index in [2.05, 4.69) is 10.6 Å². The quantitative estimate of drug-likeness (QED) is 0.839. The number of piperidine rings is 1.